The Morgan fingerprint density at radius 3 is 2.81 bits per heavy atom. The van der Waals surface area contributed by atoms with Crippen LogP contribution < -0.4 is 10.6 Å². The molecule has 0 radical (unpaired) electrons. The summed E-state index contributed by atoms with van der Waals surface area (Å²) in [6.07, 6.45) is 5.09. The summed E-state index contributed by atoms with van der Waals surface area (Å²) in [5.74, 6) is 0. The van der Waals surface area contributed by atoms with Crippen molar-refractivity contribution in [1.29, 1.82) is 0 Å². The van der Waals surface area contributed by atoms with Crippen LogP contribution in [0.1, 0.15) is 18.7 Å². The molecular weight excluding hydrogens is 399 g/mol. The fourth-order valence-electron chi connectivity index (χ4n) is 1.47. The standard InChI is InChI=1S/C15H19IN2O2S/c1-5-12(7-6-10(2)16)14-13(8-9-21-14)18-15(19)20-11(3)17-4/h5-9,11,17H,2H2,1,3-4H3,(H,18,19)/b7-6-,12-5+. The van der Waals surface area contributed by atoms with E-state index in [1.165, 1.54) is 0 Å². The molecule has 0 aliphatic rings. The topological polar surface area (TPSA) is 50.4 Å². The Bertz CT molecular complexity index is 564. The summed E-state index contributed by atoms with van der Waals surface area (Å²) < 4.78 is 6.07. The number of carbonyl (C=O) groups excluding carboxylic acids is 1. The first-order chi connectivity index (χ1) is 9.97. The number of amides is 1. The Balaban J connectivity index is 2.86. The molecule has 0 aromatic carbocycles. The third-order valence-electron chi connectivity index (χ3n) is 2.61. The molecule has 1 heterocycles. The average Bonchev–Trinajstić information content (AvgIpc) is 2.87. The molecule has 4 nitrogen and oxygen atoms in total. The Kier molecular flexibility index (Phi) is 7.69. The molecule has 0 aliphatic carbocycles. The smallest absolute Gasteiger partial charge is 0.413 e. The predicted octanol–water partition coefficient (Wildman–Crippen LogP) is 4.77. The van der Waals surface area contributed by atoms with Crippen LogP contribution in [0.2, 0.25) is 0 Å². The number of ether oxygens (including phenoxy) is 1. The summed E-state index contributed by atoms with van der Waals surface area (Å²) >= 11 is 3.72. The lowest BCUT2D eigenvalue weighted by atomic mass is 10.1. The van der Waals surface area contributed by atoms with Crippen LogP contribution in [0, 0.1) is 0 Å². The van der Waals surface area contributed by atoms with Gasteiger partial charge >= 0.3 is 6.09 Å². The van der Waals surface area contributed by atoms with Crippen LogP contribution in [0.15, 0.2) is 39.8 Å². The number of rotatable bonds is 6. The maximum absolute atomic E-state index is 11.8. The maximum Gasteiger partial charge on any atom is 0.413 e. The van der Waals surface area contributed by atoms with Crippen molar-refractivity contribution in [3.63, 3.8) is 0 Å². The van der Waals surface area contributed by atoms with E-state index in [2.05, 4.69) is 39.8 Å². The first-order valence-electron chi connectivity index (χ1n) is 6.39. The third-order valence-corrected chi connectivity index (χ3v) is 3.93. The van der Waals surface area contributed by atoms with Crippen molar-refractivity contribution in [1.82, 2.24) is 5.32 Å². The second kappa shape index (κ2) is 9.01. The summed E-state index contributed by atoms with van der Waals surface area (Å²) in [6, 6.07) is 1.86. The zero-order chi connectivity index (χ0) is 15.8. The molecule has 1 rings (SSSR count). The summed E-state index contributed by atoms with van der Waals surface area (Å²) in [5, 5.41) is 7.54. The number of hydrogen-bond donors (Lipinski definition) is 2. The van der Waals surface area contributed by atoms with Gasteiger partial charge < -0.3 is 4.74 Å². The van der Waals surface area contributed by atoms with Gasteiger partial charge in [0.1, 0.15) is 0 Å². The van der Waals surface area contributed by atoms with Crippen molar-refractivity contribution in [2.24, 2.45) is 0 Å². The Hall–Kier alpha value is -1.12. The van der Waals surface area contributed by atoms with Crippen molar-refractivity contribution in [3.8, 4) is 0 Å². The predicted molar refractivity (Wildman–Crippen MR) is 98.9 cm³/mol. The lowest BCUT2D eigenvalue weighted by molar-refractivity contribution is 0.106. The van der Waals surface area contributed by atoms with Gasteiger partial charge in [-0.2, -0.15) is 0 Å². The number of carbonyl (C=O) groups is 1. The molecule has 0 bridgehead atoms. The van der Waals surface area contributed by atoms with Gasteiger partial charge in [0.25, 0.3) is 0 Å². The van der Waals surface area contributed by atoms with E-state index in [0.29, 0.717) is 0 Å². The number of allylic oxidation sites excluding steroid dienone is 5. The molecule has 0 aliphatic heterocycles. The summed E-state index contributed by atoms with van der Waals surface area (Å²) in [7, 11) is 1.73. The molecule has 0 saturated carbocycles. The van der Waals surface area contributed by atoms with Gasteiger partial charge in [-0.05, 0) is 66.6 Å². The van der Waals surface area contributed by atoms with Gasteiger partial charge in [-0.3, -0.25) is 10.6 Å². The van der Waals surface area contributed by atoms with Gasteiger partial charge in [-0.1, -0.05) is 18.7 Å². The van der Waals surface area contributed by atoms with E-state index < -0.39 is 6.09 Å². The first kappa shape index (κ1) is 17.9. The van der Waals surface area contributed by atoms with Crippen molar-refractivity contribution < 1.29 is 9.53 Å². The summed E-state index contributed by atoms with van der Waals surface area (Å²) in [5.41, 5.74) is 1.77. The molecule has 1 aromatic rings. The fraction of sp³-hybridized carbons (Fsp3) is 0.267. The zero-order valence-electron chi connectivity index (χ0n) is 12.3. The number of nitrogens with one attached hydrogen (secondary N) is 2. The first-order valence-corrected chi connectivity index (χ1v) is 8.35. The van der Waals surface area contributed by atoms with E-state index in [0.717, 1.165) is 19.7 Å². The monoisotopic (exact) mass is 418 g/mol. The molecule has 2 N–H and O–H groups in total. The van der Waals surface area contributed by atoms with Crippen LogP contribution in [-0.2, 0) is 4.74 Å². The maximum atomic E-state index is 11.8. The van der Waals surface area contributed by atoms with Crippen LogP contribution in [-0.4, -0.2) is 19.4 Å². The molecule has 1 aromatic heterocycles. The van der Waals surface area contributed by atoms with Crippen molar-refractivity contribution in [2.75, 3.05) is 12.4 Å². The van der Waals surface area contributed by atoms with Crippen LogP contribution in [0.5, 0.6) is 0 Å². The van der Waals surface area contributed by atoms with Gasteiger partial charge in [-0.15, -0.1) is 11.3 Å². The van der Waals surface area contributed by atoms with E-state index in [4.69, 9.17) is 4.74 Å². The van der Waals surface area contributed by atoms with Crippen LogP contribution in [0.4, 0.5) is 10.5 Å². The lowest BCUT2D eigenvalue weighted by Crippen LogP contribution is -2.29. The SMILES string of the molecule is C=C(I)/C=C\C(=C/C)c1sccc1NC(=O)OC(C)NC. The quantitative estimate of drug-likeness (QED) is 0.398. The molecule has 1 atom stereocenters. The average molecular weight is 418 g/mol. The number of hydrogen-bond acceptors (Lipinski definition) is 4. The highest BCUT2D eigenvalue weighted by Gasteiger charge is 2.12. The second-order valence-electron chi connectivity index (χ2n) is 4.15. The van der Waals surface area contributed by atoms with Crippen LogP contribution >= 0.6 is 33.9 Å². The van der Waals surface area contributed by atoms with E-state index in [1.54, 1.807) is 25.3 Å². The molecule has 0 spiro atoms. The normalized spacial score (nSPS) is 13.2. The molecule has 0 saturated heterocycles. The number of anilines is 1. The van der Waals surface area contributed by atoms with Crippen molar-refractivity contribution >= 4 is 51.3 Å². The van der Waals surface area contributed by atoms with Crippen molar-refractivity contribution in [2.45, 2.75) is 20.1 Å². The minimum absolute atomic E-state index is 0.337. The van der Waals surface area contributed by atoms with Gasteiger partial charge in [0, 0.05) is 3.58 Å². The number of halogens is 1. The third kappa shape index (κ3) is 6.03. The lowest BCUT2D eigenvalue weighted by Gasteiger charge is -2.13. The van der Waals surface area contributed by atoms with Crippen LogP contribution in [0.25, 0.3) is 5.57 Å². The molecule has 114 valence electrons. The van der Waals surface area contributed by atoms with E-state index >= 15 is 0 Å². The van der Waals surface area contributed by atoms with Crippen LogP contribution in [0.3, 0.4) is 0 Å². The van der Waals surface area contributed by atoms with E-state index in [1.807, 2.05) is 36.6 Å². The Labute approximate surface area is 143 Å². The Morgan fingerprint density at radius 2 is 2.24 bits per heavy atom. The van der Waals surface area contributed by atoms with E-state index in [-0.39, 0.29) is 6.23 Å². The van der Waals surface area contributed by atoms with Gasteiger partial charge in [0.05, 0.1) is 10.6 Å². The largest absolute Gasteiger partial charge is 0.431 e. The van der Waals surface area contributed by atoms with Gasteiger partial charge in [0.2, 0.25) is 0 Å². The molecule has 1 unspecified atom stereocenters. The highest BCUT2D eigenvalue weighted by Crippen LogP contribution is 2.31. The summed E-state index contributed by atoms with van der Waals surface area (Å²) in [4.78, 5) is 12.8. The fourth-order valence-corrected chi connectivity index (χ4v) is 2.56. The Morgan fingerprint density at radius 1 is 1.52 bits per heavy atom. The van der Waals surface area contributed by atoms with Gasteiger partial charge in [0.15, 0.2) is 6.23 Å². The molecular formula is C15H19IN2O2S. The highest BCUT2D eigenvalue weighted by atomic mass is 127. The van der Waals surface area contributed by atoms with E-state index in [9.17, 15) is 4.79 Å². The molecule has 0 fully saturated rings. The number of thiophene rings is 1. The minimum Gasteiger partial charge on any atom is -0.431 e. The van der Waals surface area contributed by atoms with Crippen molar-refractivity contribution in [3.05, 3.63) is 44.7 Å². The molecule has 1 amide bonds. The molecule has 21 heavy (non-hydrogen) atoms. The minimum atomic E-state index is -0.478. The highest BCUT2D eigenvalue weighted by molar-refractivity contribution is 14.1. The molecule has 6 heteroatoms. The van der Waals surface area contributed by atoms with Gasteiger partial charge in [-0.25, -0.2) is 4.79 Å². The second-order valence-corrected chi connectivity index (χ2v) is 6.45. The summed E-state index contributed by atoms with van der Waals surface area (Å²) in [6.45, 7) is 7.56. The zero-order valence-corrected chi connectivity index (χ0v) is 15.2.